The predicted molar refractivity (Wildman–Crippen MR) is 111 cm³/mol. The van der Waals surface area contributed by atoms with E-state index in [0.717, 1.165) is 18.5 Å². The Labute approximate surface area is 167 Å². The van der Waals surface area contributed by atoms with Gasteiger partial charge >= 0.3 is 0 Å². The molecule has 1 heterocycles. The summed E-state index contributed by atoms with van der Waals surface area (Å²) in [6.07, 6.45) is 0.979. The zero-order valence-corrected chi connectivity index (χ0v) is 17.5. The van der Waals surface area contributed by atoms with E-state index in [1.807, 2.05) is 6.07 Å². The second-order valence-electron chi connectivity index (χ2n) is 7.37. The highest BCUT2D eigenvalue weighted by molar-refractivity contribution is 7.88. The molecular weight excluding hydrogens is 380 g/mol. The summed E-state index contributed by atoms with van der Waals surface area (Å²) in [5, 5.41) is 0.616. The number of hydrogen-bond donors (Lipinski definition) is 0. The first-order valence-electron chi connectivity index (χ1n) is 9.37. The second kappa shape index (κ2) is 8.74. The monoisotopic (exact) mass is 406 g/mol. The van der Waals surface area contributed by atoms with Gasteiger partial charge in [0.05, 0.1) is 5.75 Å². The Kier molecular flexibility index (Phi) is 6.58. The Morgan fingerprint density at radius 3 is 2.11 bits per heavy atom. The van der Waals surface area contributed by atoms with Crippen LogP contribution in [0.2, 0.25) is 5.02 Å². The Balaban J connectivity index is 1.62. The highest BCUT2D eigenvalue weighted by Crippen LogP contribution is 2.22. The molecule has 1 fully saturated rings. The van der Waals surface area contributed by atoms with Crippen molar-refractivity contribution in [3.63, 3.8) is 0 Å². The molecule has 2 atom stereocenters. The average molecular weight is 407 g/mol. The van der Waals surface area contributed by atoms with Crippen LogP contribution in [0.15, 0.2) is 54.6 Å². The molecule has 2 aromatic carbocycles. The first kappa shape index (κ1) is 20.3. The van der Waals surface area contributed by atoms with Gasteiger partial charge in [0.15, 0.2) is 0 Å². The van der Waals surface area contributed by atoms with Crippen molar-refractivity contribution < 1.29 is 8.42 Å². The molecule has 0 saturated carbocycles. The SMILES string of the molecule is CC1CN(S(=O)(=O)Cc2ccc(Cl)cc2)CC(C)N1CCc1ccccc1. The summed E-state index contributed by atoms with van der Waals surface area (Å²) >= 11 is 5.89. The maximum absolute atomic E-state index is 12.9. The molecular formula is C21H27ClN2O2S. The molecule has 0 N–H and O–H groups in total. The lowest BCUT2D eigenvalue weighted by Crippen LogP contribution is -2.58. The number of piperazine rings is 1. The van der Waals surface area contributed by atoms with Gasteiger partial charge in [-0.2, -0.15) is 4.31 Å². The van der Waals surface area contributed by atoms with Crippen LogP contribution >= 0.6 is 11.6 Å². The fourth-order valence-corrected chi connectivity index (χ4v) is 5.57. The smallest absolute Gasteiger partial charge is 0.218 e. The van der Waals surface area contributed by atoms with Crippen molar-refractivity contribution in [3.8, 4) is 0 Å². The number of halogens is 1. The predicted octanol–water partition coefficient (Wildman–Crippen LogP) is 3.81. The van der Waals surface area contributed by atoms with E-state index in [-0.39, 0.29) is 17.8 Å². The standard InChI is InChI=1S/C21H27ClN2O2S/c1-17-14-23(27(25,26)16-20-8-10-21(22)11-9-20)15-18(2)24(17)13-12-19-6-4-3-5-7-19/h3-11,17-18H,12-16H2,1-2H3. The van der Waals surface area contributed by atoms with E-state index in [1.54, 1.807) is 28.6 Å². The van der Waals surface area contributed by atoms with Crippen molar-refractivity contribution in [2.75, 3.05) is 19.6 Å². The molecule has 2 aromatic rings. The number of nitrogens with zero attached hydrogens (tertiary/aromatic N) is 2. The van der Waals surface area contributed by atoms with Gasteiger partial charge in [0.2, 0.25) is 10.0 Å². The Morgan fingerprint density at radius 1 is 0.926 bits per heavy atom. The van der Waals surface area contributed by atoms with Gasteiger partial charge in [-0.05, 0) is 43.5 Å². The third-order valence-electron chi connectivity index (χ3n) is 5.23. The zero-order valence-electron chi connectivity index (χ0n) is 15.9. The van der Waals surface area contributed by atoms with Gasteiger partial charge in [-0.3, -0.25) is 4.90 Å². The van der Waals surface area contributed by atoms with E-state index in [4.69, 9.17) is 11.6 Å². The van der Waals surface area contributed by atoms with Crippen LogP contribution in [0, 0.1) is 0 Å². The molecule has 6 heteroatoms. The topological polar surface area (TPSA) is 40.6 Å². The maximum Gasteiger partial charge on any atom is 0.218 e. The van der Waals surface area contributed by atoms with Crippen LogP contribution < -0.4 is 0 Å². The quantitative estimate of drug-likeness (QED) is 0.732. The fraction of sp³-hybridized carbons (Fsp3) is 0.429. The molecule has 0 amide bonds. The van der Waals surface area contributed by atoms with Gasteiger partial charge in [0.25, 0.3) is 0 Å². The molecule has 0 bridgehead atoms. The van der Waals surface area contributed by atoms with E-state index < -0.39 is 10.0 Å². The molecule has 0 aromatic heterocycles. The van der Waals surface area contributed by atoms with Crippen molar-refractivity contribution in [3.05, 3.63) is 70.7 Å². The molecule has 0 spiro atoms. The van der Waals surface area contributed by atoms with E-state index in [0.29, 0.717) is 18.1 Å². The Bertz CT molecular complexity index is 828. The molecule has 146 valence electrons. The van der Waals surface area contributed by atoms with Gasteiger partial charge in [-0.1, -0.05) is 54.1 Å². The highest BCUT2D eigenvalue weighted by atomic mass is 35.5. The van der Waals surface area contributed by atoms with Crippen molar-refractivity contribution in [2.45, 2.75) is 38.1 Å². The summed E-state index contributed by atoms with van der Waals surface area (Å²) in [7, 11) is -3.34. The fourth-order valence-electron chi connectivity index (χ4n) is 3.76. The second-order valence-corrected chi connectivity index (χ2v) is 9.78. The van der Waals surface area contributed by atoms with Crippen molar-refractivity contribution in [1.82, 2.24) is 9.21 Å². The van der Waals surface area contributed by atoms with E-state index in [2.05, 4.69) is 43.0 Å². The minimum atomic E-state index is -3.34. The molecule has 1 saturated heterocycles. The summed E-state index contributed by atoms with van der Waals surface area (Å²) in [6.45, 7) is 6.25. The van der Waals surface area contributed by atoms with Crippen LogP contribution in [-0.4, -0.2) is 49.3 Å². The van der Waals surface area contributed by atoms with Crippen LogP contribution in [-0.2, 0) is 22.2 Å². The molecule has 0 radical (unpaired) electrons. The summed E-state index contributed by atoms with van der Waals surface area (Å²) < 4.78 is 27.4. The van der Waals surface area contributed by atoms with Gasteiger partial charge in [0, 0.05) is 36.7 Å². The minimum absolute atomic E-state index is 0.0215. The van der Waals surface area contributed by atoms with Crippen molar-refractivity contribution >= 4 is 21.6 Å². The minimum Gasteiger partial charge on any atom is -0.295 e. The molecule has 3 rings (SSSR count). The van der Waals surface area contributed by atoms with Crippen molar-refractivity contribution in [2.24, 2.45) is 0 Å². The third kappa shape index (κ3) is 5.32. The van der Waals surface area contributed by atoms with Crippen LogP contribution in [0.4, 0.5) is 0 Å². The largest absolute Gasteiger partial charge is 0.295 e. The molecule has 1 aliphatic heterocycles. The van der Waals surface area contributed by atoms with Crippen LogP contribution in [0.5, 0.6) is 0 Å². The number of sulfonamides is 1. The number of hydrogen-bond acceptors (Lipinski definition) is 3. The van der Waals surface area contributed by atoms with Crippen LogP contribution in [0.25, 0.3) is 0 Å². The van der Waals surface area contributed by atoms with E-state index in [1.165, 1.54) is 5.56 Å². The summed E-state index contributed by atoms with van der Waals surface area (Å²) in [6, 6.07) is 17.8. The Morgan fingerprint density at radius 2 is 1.52 bits per heavy atom. The summed E-state index contributed by atoms with van der Waals surface area (Å²) in [5.74, 6) is 0.0215. The molecule has 27 heavy (non-hydrogen) atoms. The molecule has 1 aliphatic rings. The van der Waals surface area contributed by atoms with Gasteiger partial charge < -0.3 is 0 Å². The first-order valence-corrected chi connectivity index (χ1v) is 11.4. The van der Waals surface area contributed by atoms with Gasteiger partial charge in [-0.25, -0.2) is 8.42 Å². The third-order valence-corrected chi connectivity index (χ3v) is 7.26. The van der Waals surface area contributed by atoms with Crippen LogP contribution in [0.3, 0.4) is 0 Å². The summed E-state index contributed by atoms with van der Waals surface area (Å²) in [4.78, 5) is 2.42. The Hall–Kier alpha value is -1.40. The lowest BCUT2D eigenvalue weighted by Gasteiger charge is -2.43. The highest BCUT2D eigenvalue weighted by Gasteiger charge is 2.35. The lowest BCUT2D eigenvalue weighted by atomic mass is 10.1. The van der Waals surface area contributed by atoms with E-state index in [9.17, 15) is 8.42 Å². The number of benzene rings is 2. The molecule has 2 unspecified atom stereocenters. The van der Waals surface area contributed by atoms with E-state index >= 15 is 0 Å². The number of rotatable bonds is 6. The molecule has 4 nitrogen and oxygen atoms in total. The summed E-state index contributed by atoms with van der Waals surface area (Å²) in [5.41, 5.74) is 2.08. The first-order chi connectivity index (χ1) is 12.8. The molecule has 0 aliphatic carbocycles. The zero-order chi connectivity index (χ0) is 19.4. The van der Waals surface area contributed by atoms with Crippen LogP contribution in [0.1, 0.15) is 25.0 Å². The average Bonchev–Trinajstić information content (AvgIpc) is 2.63. The lowest BCUT2D eigenvalue weighted by molar-refractivity contribution is 0.0783. The maximum atomic E-state index is 12.9. The normalized spacial score (nSPS) is 22.0. The van der Waals surface area contributed by atoms with Crippen molar-refractivity contribution in [1.29, 1.82) is 0 Å². The van der Waals surface area contributed by atoms with Gasteiger partial charge in [0.1, 0.15) is 0 Å². The van der Waals surface area contributed by atoms with Gasteiger partial charge in [-0.15, -0.1) is 0 Å².